The summed E-state index contributed by atoms with van der Waals surface area (Å²) in [5.41, 5.74) is 0. The first kappa shape index (κ1) is 18.4. The van der Waals surface area contributed by atoms with Gasteiger partial charge in [0.25, 0.3) is 0 Å². The third-order valence-electron chi connectivity index (χ3n) is 2.50. The van der Waals surface area contributed by atoms with Crippen molar-refractivity contribution in [2.75, 3.05) is 25.1 Å². The van der Waals surface area contributed by atoms with E-state index in [0.717, 1.165) is 12.7 Å². The average Bonchev–Trinajstić information content (AvgIpc) is 2.32. The van der Waals surface area contributed by atoms with Crippen LogP contribution in [0.2, 0.25) is 0 Å². The third kappa shape index (κ3) is 7.78. The highest BCUT2D eigenvalue weighted by Gasteiger charge is 2.23. The zero-order valence-electron chi connectivity index (χ0n) is 11.8. The van der Waals surface area contributed by atoms with Crippen molar-refractivity contribution in [2.24, 2.45) is 0 Å². The topological polar surface area (TPSA) is 104 Å². The lowest BCUT2D eigenvalue weighted by Crippen LogP contribution is -2.48. The van der Waals surface area contributed by atoms with Crippen molar-refractivity contribution in [3.63, 3.8) is 0 Å². The van der Waals surface area contributed by atoms with Gasteiger partial charge in [0.15, 0.2) is 0 Å². The number of carboxylic acids is 1. The molecule has 0 radical (unpaired) electrons. The van der Waals surface area contributed by atoms with E-state index in [1.165, 1.54) is 4.90 Å². The molecule has 0 saturated carbocycles. The van der Waals surface area contributed by atoms with E-state index in [4.69, 9.17) is 5.11 Å². The van der Waals surface area contributed by atoms with Crippen LogP contribution in [0.5, 0.6) is 0 Å². The summed E-state index contributed by atoms with van der Waals surface area (Å²) in [7, 11) is -3.27. The maximum atomic E-state index is 11.9. The van der Waals surface area contributed by atoms with Gasteiger partial charge in [-0.1, -0.05) is 13.0 Å². The molecule has 8 heteroatoms. The summed E-state index contributed by atoms with van der Waals surface area (Å²) in [6, 6.07) is -1.76. The zero-order chi connectivity index (χ0) is 15.8. The number of urea groups is 1. The van der Waals surface area contributed by atoms with Gasteiger partial charge in [0, 0.05) is 19.3 Å². The van der Waals surface area contributed by atoms with Crippen LogP contribution in [-0.2, 0) is 14.6 Å². The Hall–Kier alpha value is -1.57. The number of sulfone groups is 1. The van der Waals surface area contributed by atoms with Crippen LogP contribution in [0.15, 0.2) is 12.7 Å². The summed E-state index contributed by atoms with van der Waals surface area (Å²) in [4.78, 5) is 24.4. The summed E-state index contributed by atoms with van der Waals surface area (Å²) in [6.07, 6.45) is 3.13. The molecule has 0 aromatic rings. The number of carbonyl (C=O) groups is 2. The minimum Gasteiger partial charge on any atom is -0.480 e. The van der Waals surface area contributed by atoms with Crippen molar-refractivity contribution in [3.8, 4) is 0 Å². The molecule has 0 spiro atoms. The number of hydrogen-bond donors (Lipinski definition) is 2. The van der Waals surface area contributed by atoms with E-state index >= 15 is 0 Å². The van der Waals surface area contributed by atoms with Gasteiger partial charge in [0.2, 0.25) is 0 Å². The van der Waals surface area contributed by atoms with Gasteiger partial charge in [-0.3, -0.25) is 0 Å². The maximum Gasteiger partial charge on any atom is 0.326 e. The number of carbonyl (C=O) groups excluding carboxylic acids is 1. The van der Waals surface area contributed by atoms with E-state index in [9.17, 15) is 18.0 Å². The first-order valence-electron chi connectivity index (χ1n) is 6.28. The first-order chi connectivity index (χ1) is 9.21. The standard InChI is InChI=1S/C12H22N2O5S/c1-4-7-14(8-5-2)12(17)13-10(11(15)16)6-9-20(3,18)19/h4,10H,1,5-9H2,2-3H3,(H,13,17)(H,15,16). The molecule has 2 amide bonds. The van der Waals surface area contributed by atoms with Crippen LogP contribution < -0.4 is 5.32 Å². The molecule has 0 aliphatic carbocycles. The minimum absolute atomic E-state index is 0.159. The third-order valence-corrected chi connectivity index (χ3v) is 3.48. The average molecular weight is 306 g/mol. The van der Waals surface area contributed by atoms with Crippen LogP contribution in [0.3, 0.4) is 0 Å². The van der Waals surface area contributed by atoms with Crippen molar-refractivity contribution < 1.29 is 23.1 Å². The molecule has 0 aliphatic heterocycles. The number of nitrogens with one attached hydrogen (secondary N) is 1. The highest BCUT2D eigenvalue weighted by molar-refractivity contribution is 7.90. The molecule has 2 N–H and O–H groups in total. The fraction of sp³-hybridized carbons (Fsp3) is 0.667. The molecule has 7 nitrogen and oxygen atoms in total. The Morgan fingerprint density at radius 2 is 2.05 bits per heavy atom. The number of carboxylic acid groups (broad SMARTS) is 1. The monoisotopic (exact) mass is 306 g/mol. The summed E-state index contributed by atoms with van der Waals surface area (Å²) in [5, 5.41) is 11.3. The highest BCUT2D eigenvalue weighted by Crippen LogP contribution is 2.00. The Bertz CT molecular complexity index is 447. The Kier molecular flexibility index (Phi) is 7.90. The van der Waals surface area contributed by atoms with Gasteiger partial charge in [-0.2, -0.15) is 0 Å². The Morgan fingerprint density at radius 3 is 2.45 bits per heavy atom. The van der Waals surface area contributed by atoms with E-state index < -0.39 is 27.9 Å². The highest BCUT2D eigenvalue weighted by atomic mass is 32.2. The number of nitrogens with zero attached hydrogens (tertiary/aromatic N) is 1. The first-order valence-corrected chi connectivity index (χ1v) is 8.34. The van der Waals surface area contributed by atoms with Gasteiger partial charge in [-0.25, -0.2) is 18.0 Å². The second-order valence-electron chi connectivity index (χ2n) is 4.49. The lowest BCUT2D eigenvalue weighted by molar-refractivity contribution is -0.139. The molecule has 0 fully saturated rings. The van der Waals surface area contributed by atoms with E-state index in [0.29, 0.717) is 13.1 Å². The lowest BCUT2D eigenvalue weighted by atomic mass is 10.2. The van der Waals surface area contributed by atoms with Crippen LogP contribution in [0, 0.1) is 0 Å². The van der Waals surface area contributed by atoms with Crippen LogP contribution >= 0.6 is 0 Å². The summed E-state index contributed by atoms with van der Waals surface area (Å²) >= 11 is 0. The maximum absolute atomic E-state index is 11.9. The number of hydrogen-bond acceptors (Lipinski definition) is 4. The molecule has 0 saturated heterocycles. The van der Waals surface area contributed by atoms with Crippen molar-refractivity contribution in [1.29, 1.82) is 0 Å². The molecule has 0 rings (SSSR count). The van der Waals surface area contributed by atoms with Gasteiger partial charge in [-0.15, -0.1) is 6.58 Å². The molecular formula is C12H22N2O5S. The second kappa shape index (κ2) is 8.57. The Balaban J connectivity index is 4.67. The molecule has 116 valence electrons. The van der Waals surface area contributed by atoms with Crippen LogP contribution in [0.1, 0.15) is 19.8 Å². The largest absolute Gasteiger partial charge is 0.480 e. The fourth-order valence-electron chi connectivity index (χ4n) is 1.53. The molecule has 20 heavy (non-hydrogen) atoms. The number of aliphatic carboxylic acids is 1. The molecule has 0 aromatic carbocycles. The molecule has 0 heterocycles. The molecule has 0 bridgehead atoms. The van der Waals surface area contributed by atoms with Crippen molar-refractivity contribution in [2.45, 2.75) is 25.8 Å². The van der Waals surface area contributed by atoms with Gasteiger partial charge >= 0.3 is 12.0 Å². The summed E-state index contributed by atoms with van der Waals surface area (Å²) in [6.45, 7) is 6.19. The van der Waals surface area contributed by atoms with E-state index in [1.54, 1.807) is 6.08 Å². The van der Waals surface area contributed by atoms with Gasteiger partial charge in [0.05, 0.1) is 5.75 Å². The second-order valence-corrected chi connectivity index (χ2v) is 6.75. The summed E-state index contributed by atoms with van der Waals surface area (Å²) in [5.74, 6) is -1.54. The molecule has 0 aromatic heterocycles. The summed E-state index contributed by atoms with van der Waals surface area (Å²) < 4.78 is 22.1. The van der Waals surface area contributed by atoms with Crippen molar-refractivity contribution >= 4 is 21.8 Å². The minimum atomic E-state index is -3.27. The van der Waals surface area contributed by atoms with Gasteiger partial charge < -0.3 is 15.3 Å². The van der Waals surface area contributed by atoms with E-state index in [-0.39, 0.29) is 12.2 Å². The van der Waals surface area contributed by atoms with Crippen LogP contribution in [-0.4, -0.2) is 61.6 Å². The van der Waals surface area contributed by atoms with Crippen molar-refractivity contribution in [1.82, 2.24) is 10.2 Å². The van der Waals surface area contributed by atoms with E-state index in [2.05, 4.69) is 11.9 Å². The molecule has 1 atom stereocenters. The SMILES string of the molecule is C=CCN(CCC)C(=O)NC(CCS(C)(=O)=O)C(=O)O. The predicted octanol–water partition coefficient (Wildman–Crippen LogP) is 0.482. The lowest BCUT2D eigenvalue weighted by Gasteiger charge is -2.23. The smallest absolute Gasteiger partial charge is 0.326 e. The quantitative estimate of drug-likeness (QED) is 0.603. The fourth-order valence-corrected chi connectivity index (χ4v) is 2.19. The van der Waals surface area contributed by atoms with Crippen molar-refractivity contribution in [3.05, 3.63) is 12.7 Å². The predicted molar refractivity (Wildman–Crippen MR) is 76.3 cm³/mol. The number of rotatable bonds is 9. The normalized spacial score (nSPS) is 12.5. The molecule has 1 unspecified atom stereocenters. The molecular weight excluding hydrogens is 284 g/mol. The van der Waals surface area contributed by atoms with Crippen LogP contribution in [0.4, 0.5) is 4.79 Å². The van der Waals surface area contributed by atoms with Crippen LogP contribution in [0.25, 0.3) is 0 Å². The zero-order valence-corrected chi connectivity index (χ0v) is 12.6. The Labute approximate surface area is 119 Å². The number of amides is 2. The van der Waals surface area contributed by atoms with Gasteiger partial charge in [-0.05, 0) is 12.8 Å². The molecule has 0 aliphatic rings. The Morgan fingerprint density at radius 1 is 1.45 bits per heavy atom. The van der Waals surface area contributed by atoms with E-state index in [1.807, 2.05) is 6.92 Å². The van der Waals surface area contributed by atoms with Gasteiger partial charge in [0.1, 0.15) is 15.9 Å².